The van der Waals surface area contributed by atoms with Gasteiger partial charge in [-0.3, -0.25) is 9.59 Å². The number of thioether (sulfide) groups is 1. The Labute approximate surface area is 205 Å². The molecule has 0 atom stereocenters. The summed E-state index contributed by atoms with van der Waals surface area (Å²) in [5, 5.41) is 12.4. The number of amides is 1. The highest BCUT2D eigenvalue weighted by atomic mass is 32.2. The number of hydrogen-bond donors (Lipinski definition) is 2. The number of nitriles is 1. The zero-order chi connectivity index (χ0) is 25.4. The van der Waals surface area contributed by atoms with Crippen molar-refractivity contribution in [3.8, 4) is 28.8 Å². The highest BCUT2D eigenvalue weighted by molar-refractivity contribution is 7.98. The molecule has 2 N–H and O–H groups in total. The van der Waals surface area contributed by atoms with Gasteiger partial charge in [0.25, 0.3) is 11.5 Å². The Balaban J connectivity index is 1.83. The number of hydrogen-bond acceptors (Lipinski definition) is 9. The lowest BCUT2D eigenvalue weighted by Crippen LogP contribution is -2.22. The largest absolute Gasteiger partial charge is 0.490 e. The molecule has 3 aromatic rings. The highest BCUT2D eigenvalue weighted by Crippen LogP contribution is 2.33. The van der Waals surface area contributed by atoms with E-state index in [9.17, 15) is 19.6 Å². The Kier molecular flexibility index (Phi) is 8.48. The number of aromatic nitrogens is 2. The van der Waals surface area contributed by atoms with Crippen LogP contribution >= 0.6 is 11.8 Å². The van der Waals surface area contributed by atoms with Gasteiger partial charge in [-0.2, -0.15) is 5.26 Å². The number of rotatable bonds is 9. The molecule has 11 heteroatoms. The standard InChI is InChI=1S/C24H22N4O6S/c1-4-33-19-11-14(21-16(12-25)22(30)28-24(27-21)35-3)9-10-18(19)34-13-20(29)26-17-8-6-5-7-15(17)23(31)32-2/h5-11H,4,13H2,1-3H3,(H,26,29)(H,27,28,30). The fraction of sp³-hybridized carbons (Fsp3) is 0.208. The van der Waals surface area contributed by atoms with Crippen molar-refractivity contribution in [1.29, 1.82) is 5.26 Å². The summed E-state index contributed by atoms with van der Waals surface area (Å²) in [5.41, 5.74) is 0.542. The molecule has 2 aromatic carbocycles. The van der Waals surface area contributed by atoms with Gasteiger partial charge in [0.05, 0.1) is 30.7 Å². The summed E-state index contributed by atoms with van der Waals surface area (Å²) in [6, 6.07) is 13.1. The number of methoxy groups -OCH3 is 1. The Morgan fingerprint density at radius 1 is 1.17 bits per heavy atom. The molecule has 1 aromatic heterocycles. The monoisotopic (exact) mass is 494 g/mol. The van der Waals surface area contributed by atoms with Crippen LogP contribution in [0.2, 0.25) is 0 Å². The number of carbonyl (C=O) groups is 2. The van der Waals surface area contributed by atoms with Crippen LogP contribution in [0, 0.1) is 11.3 Å². The molecule has 0 fully saturated rings. The molecule has 35 heavy (non-hydrogen) atoms. The molecule has 10 nitrogen and oxygen atoms in total. The van der Waals surface area contributed by atoms with Crippen LogP contribution in [0.4, 0.5) is 5.69 Å². The van der Waals surface area contributed by atoms with Crippen LogP contribution in [0.3, 0.4) is 0 Å². The van der Waals surface area contributed by atoms with Gasteiger partial charge in [-0.1, -0.05) is 23.9 Å². The highest BCUT2D eigenvalue weighted by Gasteiger charge is 2.17. The maximum Gasteiger partial charge on any atom is 0.339 e. The number of nitrogens with zero attached hydrogens (tertiary/aromatic N) is 2. The predicted octanol–water partition coefficient (Wildman–Crippen LogP) is 3.23. The van der Waals surface area contributed by atoms with Crippen LogP contribution in [-0.4, -0.2) is 48.4 Å². The minimum Gasteiger partial charge on any atom is -0.490 e. The van der Waals surface area contributed by atoms with E-state index in [0.29, 0.717) is 28.8 Å². The van der Waals surface area contributed by atoms with Crippen LogP contribution in [0.15, 0.2) is 52.4 Å². The average molecular weight is 495 g/mol. The number of carbonyl (C=O) groups excluding carboxylic acids is 2. The number of H-pyrrole nitrogens is 1. The summed E-state index contributed by atoms with van der Waals surface area (Å²) in [6.45, 7) is 1.73. The van der Waals surface area contributed by atoms with Gasteiger partial charge >= 0.3 is 5.97 Å². The normalized spacial score (nSPS) is 10.2. The summed E-state index contributed by atoms with van der Waals surface area (Å²) in [7, 11) is 1.26. The van der Waals surface area contributed by atoms with Crippen LogP contribution in [0.5, 0.6) is 11.5 Å². The number of esters is 1. The lowest BCUT2D eigenvalue weighted by Gasteiger charge is -2.14. The zero-order valence-electron chi connectivity index (χ0n) is 19.2. The first-order valence-electron chi connectivity index (χ1n) is 10.4. The van der Waals surface area contributed by atoms with Crippen molar-refractivity contribution in [2.45, 2.75) is 12.1 Å². The Hall–Kier alpha value is -4.30. The van der Waals surface area contributed by atoms with Gasteiger partial charge in [0.2, 0.25) is 0 Å². The lowest BCUT2D eigenvalue weighted by atomic mass is 10.1. The molecule has 0 spiro atoms. The van der Waals surface area contributed by atoms with Crippen LogP contribution in [0.1, 0.15) is 22.8 Å². The summed E-state index contributed by atoms with van der Waals surface area (Å²) >= 11 is 1.24. The Morgan fingerprint density at radius 3 is 2.63 bits per heavy atom. The van der Waals surface area contributed by atoms with E-state index in [-0.39, 0.29) is 29.2 Å². The third-order valence-electron chi connectivity index (χ3n) is 4.69. The first-order chi connectivity index (χ1) is 16.9. The minimum atomic E-state index is -0.578. The van der Waals surface area contributed by atoms with E-state index in [2.05, 4.69) is 15.3 Å². The fourth-order valence-corrected chi connectivity index (χ4v) is 3.49. The number of anilines is 1. The molecule has 0 radical (unpaired) electrons. The third-order valence-corrected chi connectivity index (χ3v) is 5.27. The summed E-state index contributed by atoms with van der Waals surface area (Å²) in [6.07, 6.45) is 1.76. The van der Waals surface area contributed by atoms with E-state index in [1.165, 1.54) is 24.9 Å². The van der Waals surface area contributed by atoms with E-state index in [1.807, 2.05) is 6.07 Å². The molecule has 1 amide bonds. The topological polar surface area (TPSA) is 143 Å². The van der Waals surface area contributed by atoms with E-state index in [1.54, 1.807) is 49.6 Å². The molecule has 0 bridgehead atoms. The number of benzene rings is 2. The second kappa shape index (κ2) is 11.7. The SMILES string of the molecule is CCOc1cc(-c2nc(SC)[nH]c(=O)c2C#N)ccc1OCC(=O)Nc1ccccc1C(=O)OC. The zero-order valence-corrected chi connectivity index (χ0v) is 20.0. The van der Waals surface area contributed by atoms with Gasteiger partial charge < -0.3 is 24.5 Å². The Bertz CT molecular complexity index is 1350. The molecule has 0 aliphatic carbocycles. The average Bonchev–Trinajstić information content (AvgIpc) is 2.87. The maximum absolute atomic E-state index is 12.5. The van der Waals surface area contributed by atoms with Gasteiger partial charge in [0.1, 0.15) is 11.6 Å². The smallest absolute Gasteiger partial charge is 0.339 e. The maximum atomic E-state index is 12.5. The third kappa shape index (κ3) is 5.99. The van der Waals surface area contributed by atoms with E-state index < -0.39 is 17.4 Å². The minimum absolute atomic E-state index is 0.123. The number of nitrogens with one attached hydrogen (secondary N) is 2. The Morgan fingerprint density at radius 2 is 1.94 bits per heavy atom. The number of ether oxygens (including phenoxy) is 3. The second-order valence-electron chi connectivity index (χ2n) is 6.88. The first kappa shape index (κ1) is 25.3. The molecule has 1 heterocycles. The van der Waals surface area contributed by atoms with Gasteiger partial charge in [-0.25, -0.2) is 9.78 Å². The first-order valence-corrected chi connectivity index (χ1v) is 11.6. The van der Waals surface area contributed by atoms with Crippen molar-refractivity contribution in [2.75, 3.05) is 31.9 Å². The summed E-state index contributed by atoms with van der Waals surface area (Å²) < 4.78 is 16.0. The van der Waals surface area contributed by atoms with Crippen molar-refractivity contribution in [3.63, 3.8) is 0 Å². The fourth-order valence-electron chi connectivity index (χ4n) is 3.11. The van der Waals surface area contributed by atoms with Crippen LogP contribution in [0.25, 0.3) is 11.3 Å². The van der Waals surface area contributed by atoms with Gasteiger partial charge in [0, 0.05) is 5.56 Å². The predicted molar refractivity (Wildman–Crippen MR) is 130 cm³/mol. The molecule has 180 valence electrons. The van der Waals surface area contributed by atoms with Gasteiger partial charge in [0.15, 0.2) is 23.3 Å². The molecule has 0 aliphatic heterocycles. The molecule has 0 saturated carbocycles. The molecule has 0 aliphatic rings. The van der Waals surface area contributed by atoms with Crippen molar-refractivity contribution in [1.82, 2.24) is 9.97 Å². The second-order valence-corrected chi connectivity index (χ2v) is 7.67. The van der Waals surface area contributed by atoms with Gasteiger partial charge in [-0.05, 0) is 43.5 Å². The van der Waals surface area contributed by atoms with Crippen molar-refractivity contribution < 1.29 is 23.8 Å². The van der Waals surface area contributed by atoms with Crippen molar-refractivity contribution >= 4 is 29.3 Å². The van der Waals surface area contributed by atoms with Crippen LogP contribution < -0.4 is 20.3 Å². The van der Waals surface area contributed by atoms with Crippen molar-refractivity contribution in [2.24, 2.45) is 0 Å². The van der Waals surface area contributed by atoms with E-state index >= 15 is 0 Å². The lowest BCUT2D eigenvalue weighted by molar-refractivity contribution is -0.118. The quantitative estimate of drug-likeness (QED) is 0.260. The van der Waals surface area contributed by atoms with E-state index in [0.717, 1.165) is 0 Å². The molecular formula is C24H22N4O6S. The molecule has 3 rings (SSSR count). The number of para-hydroxylation sites is 1. The molecule has 0 unspecified atom stereocenters. The molecular weight excluding hydrogens is 472 g/mol. The van der Waals surface area contributed by atoms with E-state index in [4.69, 9.17) is 14.2 Å². The van der Waals surface area contributed by atoms with Gasteiger partial charge in [-0.15, -0.1) is 0 Å². The van der Waals surface area contributed by atoms with Crippen molar-refractivity contribution in [3.05, 3.63) is 63.9 Å². The summed E-state index contributed by atoms with van der Waals surface area (Å²) in [5.74, 6) is -0.490. The molecule has 0 saturated heterocycles. The van der Waals surface area contributed by atoms with Crippen LogP contribution in [-0.2, 0) is 9.53 Å². The summed E-state index contributed by atoms with van der Waals surface area (Å²) in [4.78, 5) is 43.5. The number of aromatic amines is 1.